The summed E-state index contributed by atoms with van der Waals surface area (Å²) in [5.41, 5.74) is -1.31. The molecule has 2 bridgehead atoms. The van der Waals surface area contributed by atoms with Gasteiger partial charge in [0.2, 0.25) is 5.91 Å². The number of nitro groups is 1. The summed E-state index contributed by atoms with van der Waals surface area (Å²) in [5.74, 6) is -0.0690. The molecule has 6 nitrogen and oxygen atoms in total. The zero-order valence-electron chi connectivity index (χ0n) is 13.5. The van der Waals surface area contributed by atoms with E-state index >= 15 is 0 Å². The summed E-state index contributed by atoms with van der Waals surface area (Å²) in [5, 5.41) is 13.7. The Labute approximate surface area is 134 Å². The molecule has 0 radical (unpaired) electrons. The predicted molar refractivity (Wildman–Crippen MR) is 84.9 cm³/mol. The van der Waals surface area contributed by atoms with Crippen molar-refractivity contribution < 1.29 is 14.5 Å². The van der Waals surface area contributed by atoms with Gasteiger partial charge in [-0.1, -0.05) is 26.8 Å². The molecule has 0 unspecified atom stereocenters. The Kier molecular flexibility index (Phi) is 3.15. The molecule has 1 aromatic rings. The molecule has 1 N–H and O–H groups in total. The van der Waals surface area contributed by atoms with Gasteiger partial charge in [0.25, 0.3) is 5.69 Å². The van der Waals surface area contributed by atoms with E-state index in [0.29, 0.717) is 18.5 Å². The van der Waals surface area contributed by atoms with Gasteiger partial charge in [-0.3, -0.25) is 19.7 Å². The Balaban J connectivity index is 1.91. The third-order valence-electron chi connectivity index (χ3n) is 6.45. The van der Waals surface area contributed by atoms with Gasteiger partial charge in [-0.2, -0.15) is 0 Å². The van der Waals surface area contributed by atoms with Gasteiger partial charge >= 0.3 is 0 Å². The van der Waals surface area contributed by atoms with Crippen molar-refractivity contribution in [1.29, 1.82) is 0 Å². The second kappa shape index (κ2) is 4.63. The second-order valence-electron chi connectivity index (χ2n) is 7.40. The van der Waals surface area contributed by atoms with Gasteiger partial charge in [-0.15, -0.1) is 0 Å². The second-order valence-corrected chi connectivity index (χ2v) is 7.40. The highest BCUT2D eigenvalue weighted by atomic mass is 16.6. The fourth-order valence-corrected chi connectivity index (χ4v) is 4.31. The van der Waals surface area contributed by atoms with Gasteiger partial charge in [0.15, 0.2) is 0 Å². The van der Waals surface area contributed by atoms with Crippen molar-refractivity contribution in [1.82, 2.24) is 0 Å². The molecule has 2 aliphatic rings. The first-order valence-electron chi connectivity index (χ1n) is 7.73. The maximum atomic E-state index is 12.9. The van der Waals surface area contributed by atoms with Crippen molar-refractivity contribution in [2.75, 3.05) is 5.32 Å². The number of fused-ring (bicyclic) bond motifs is 2. The zero-order valence-corrected chi connectivity index (χ0v) is 13.5. The summed E-state index contributed by atoms with van der Waals surface area (Å²) in [6.07, 6.45) is 1.63. The Hall–Kier alpha value is -2.24. The van der Waals surface area contributed by atoms with Crippen LogP contribution < -0.4 is 5.32 Å². The Bertz CT molecular complexity index is 727. The van der Waals surface area contributed by atoms with Crippen LogP contribution in [0.3, 0.4) is 0 Å². The number of Topliss-reactive ketones (excluding diaryl/α,β-unsaturated/α-hetero) is 1. The molecule has 2 saturated carbocycles. The van der Waals surface area contributed by atoms with Gasteiger partial charge < -0.3 is 5.32 Å². The Morgan fingerprint density at radius 2 is 1.96 bits per heavy atom. The number of nitrogens with zero attached hydrogens (tertiary/aromatic N) is 1. The van der Waals surface area contributed by atoms with Crippen LogP contribution in [0.1, 0.15) is 40.0 Å². The molecule has 0 aromatic heterocycles. The lowest BCUT2D eigenvalue weighted by Gasteiger charge is -2.38. The molecule has 2 fully saturated rings. The number of ketones is 1. The van der Waals surface area contributed by atoms with Gasteiger partial charge in [0.05, 0.1) is 10.3 Å². The van der Waals surface area contributed by atoms with E-state index < -0.39 is 21.2 Å². The molecule has 0 spiro atoms. The van der Waals surface area contributed by atoms with Gasteiger partial charge in [0, 0.05) is 29.7 Å². The summed E-state index contributed by atoms with van der Waals surface area (Å²) < 4.78 is 0. The molecular formula is C17H20N2O4. The summed E-state index contributed by atoms with van der Waals surface area (Å²) in [6.45, 7) is 5.92. The van der Waals surface area contributed by atoms with E-state index in [1.807, 2.05) is 20.8 Å². The number of non-ortho nitro benzene ring substituents is 1. The third kappa shape index (κ3) is 1.87. The van der Waals surface area contributed by atoms with E-state index in [0.717, 1.165) is 0 Å². The van der Waals surface area contributed by atoms with Crippen molar-refractivity contribution in [2.24, 2.45) is 16.2 Å². The number of hydrogen-bond donors (Lipinski definition) is 1. The summed E-state index contributed by atoms with van der Waals surface area (Å²) >= 11 is 0. The van der Waals surface area contributed by atoms with E-state index in [4.69, 9.17) is 0 Å². The molecule has 3 rings (SSSR count). The van der Waals surface area contributed by atoms with E-state index in [1.165, 1.54) is 18.2 Å². The van der Waals surface area contributed by atoms with Crippen LogP contribution in [-0.4, -0.2) is 16.6 Å². The van der Waals surface area contributed by atoms with Crippen molar-refractivity contribution in [3.05, 3.63) is 34.4 Å². The van der Waals surface area contributed by atoms with Crippen LogP contribution in [0.25, 0.3) is 0 Å². The number of benzene rings is 1. The number of carbonyl (C=O) groups excluding carboxylic acids is 2. The van der Waals surface area contributed by atoms with Crippen LogP contribution in [0.5, 0.6) is 0 Å². The van der Waals surface area contributed by atoms with E-state index in [2.05, 4.69) is 5.32 Å². The van der Waals surface area contributed by atoms with Crippen molar-refractivity contribution in [2.45, 2.75) is 40.0 Å². The van der Waals surface area contributed by atoms with Gasteiger partial charge in [0.1, 0.15) is 5.78 Å². The average molecular weight is 316 g/mol. The largest absolute Gasteiger partial charge is 0.325 e. The molecule has 23 heavy (non-hydrogen) atoms. The fraction of sp³-hybridized carbons (Fsp3) is 0.529. The normalized spacial score (nSPS) is 31.2. The standard InChI is InChI=1S/C17H20N2O4/c1-15(2)16(3)7-8-17(15,10-13(16)20)14(21)18-11-5-4-6-12(9-11)19(22)23/h4-6,9H,7-8,10H2,1-3H3,(H,18,21)/t16-,17+/m1/s1. The SMILES string of the molecule is CC1(C)[C@@]2(C(=O)Nc3cccc([N+](=O)[O-])c3)CC[C@]1(C)C(=O)C2. The number of nitro benzene ring substituents is 1. The lowest BCUT2D eigenvalue weighted by Crippen LogP contribution is -2.43. The van der Waals surface area contributed by atoms with Crippen LogP contribution >= 0.6 is 0 Å². The summed E-state index contributed by atoms with van der Waals surface area (Å²) in [7, 11) is 0. The van der Waals surface area contributed by atoms with E-state index in [1.54, 1.807) is 6.07 Å². The minimum Gasteiger partial charge on any atom is -0.325 e. The minimum absolute atomic E-state index is 0.0710. The molecule has 1 amide bonds. The van der Waals surface area contributed by atoms with E-state index in [-0.39, 0.29) is 23.8 Å². The average Bonchev–Trinajstić information content (AvgIpc) is 2.78. The topological polar surface area (TPSA) is 89.3 Å². The maximum absolute atomic E-state index is 12.9. The highest BCUT2D eigenvalue weighted by Crippen LogP contribution is 2.70. The van der Waals surface area contributed by atoms with Crippen molar-refractivity contribution in [3.63, 3.8) is 0 Å². The quantitative estimate of drug-likeness (QED) is 0.684. The van der Waals surface area contributed by atoms with E-state index in [9.17, 15) is 19.7 Å². The third-order valence-corrected chi connectivity index (χ3v) is 6.45. The number of anilines is 1. The first kappa shape index (κ1) is 15.6. The predicted octanol–water partition coefficient (Wildman–Crippen LogP) is 3.32. The van der Waals surface area contributed by atoms with Crippen LogP contribution in [0, 0.1) is 26.4 Å². The molecule has 2 aliphatic carbocycles. The van der Waals surface area contributed by atoms with Crippen LogP contribution in [0.2, 0.25) is 0 Å². The van der Waals surface area contributed by atoms with Crippen LogP contribution in [-0.2, 0) is 9.59 Å². The maximum Gasteiger partial charge on any atom is 0.271 e. The number of carbonyl (C=O) groups is 2. The summed E-state index contributed by atoms with van der Waals surface area (Å²) in [6, 6.07) is 5.88. The number of hydrogen-bond acceptors (Lipinski definition) is 4. The Morgan fingerprint density at radius 1 is 1.26 bits per heavy atom. The zero-order chi connectivity index (χ0) is 17.0. The fourth-order valence-electron chi connectivity index (χ4n) is 4.31. The number of nitrogens with one attached hydrogen (secondary N) is 1. The highest BCUT2D eigenvalue weighted by Gasteiger charge is 2.72. The molecule has 122 valence electrons. The molecule has 0 aliphatic heterocycles. The first-order chi connectivity index (χ1) is 10.6. The number of amides is 1. The van der Waals surface area contributed by atoms with Crippen LogP contribution in [0.15, 0.2) is 24.3 Å². The molecule has 0 heterocycles. The van der Waals surface area contributed by atoms with Gasteiger partial charge in [-0.05, 0) is 24.3 Å². The Morgan fingerprint density at radius 3 is 2.48 bits per heavy atom. The monoisotopic (exact) mass is 316 g/mol. The summed E-state index contributed by atoms with van der Waals surface area (Å²) in [4.78, 5) is 35.7. The lowest BCUT2D eigenvalue weighted by atomic mass is 9.64. The first-order valence-corrected chi connectivity index (χ1v) is 7.73. The molecule has 0 saturated heterocycles. The smallest absolute Gasteiger partial charge is 0.271 e. The number of rotatable bonds is 3. The van der Waals surface area contributed by atoms with Crippen molar-refractivity contribution in [3.8, 4) is 0 Å². The van der Waals surface area contributed by atoms with Gasteiger partial charge in [-0.25, -0.2) is 0 Å². The molecular weight excluding hydrogens is 296 g/mol. The van der Waals surface area contributed by atoms with Crippen molar-refractivity contribution >= 4 is 23.1 Å². The molecule has 1 aromatic carbocycles. The molecule has 2 atom stereocenters. The van der Waals surface area contributed by atoms with Crippen LogP contribution in [0.4, 0.5) is 11.4 Å². The highest BCUT2D eigenvalue weighted by molar-refractivity contribution is 6.04. The minimum atomic E-state index is -0.733. The lowest BCUT2D eigenvalue weighted by molar-refractivity contribution is -0.384. The molecule has 6 heteroatoms.